The molecule has 29 heavy (non-hydrogen) atoms. The molecular formula is C18H19ClF3N5O2. The first-order valence-electron chi connectivity index (χ1n) is 8.57. The normalized spacial score (nSPS) is 10.8. The summed E-state index contributed by atoms with van der Waals surface area (Å²) < 4.78 is 42.3. The Kier molecular flexibility index (Phi) is 8.30. The number of nitrogens with one attached hydrogen (secondary N) is 2. The summed E-state index contributed by atoms with van der Waals surface area (Å²) in [7, 11) is 1.49. The summed E-state index contributed by atoms with van der Waals surface area (Å²) in [6.07, 6.45) is -1.74. The smallest absolute Gasteiger partial charge is 0.405 e. The van der Waals surface area contributed by atoms with Gasteiger partial charge in [-0.25, -0.2) is 4.98 Å². The molecule has 0 aliphatic carbocycles. The summed E-state index contributed by atoms with van der Waals surface area (Å²) in [6, 6.07) is 3.33. The minimum Gasteiger partial charge on any atom is -0.481 e. The van der Waals surface area contributed by atoms with E-state index in [0.29, 0.717) is 30.8 Å². The van der Waals surface area contributed by atoms with Crippen LogP contribution >= 0.6 is 11.6 Å². The summed E-state index contributed by atoms with van der Waals surface area (Å²) in [5.41, 5.74) is 0.816. The fourth-order valence-corrected chi connectivity index (χ4v) is 2.30. The molecule has 0 aliphatic rings. The molecule has 0 spiro atoms. The Morgan fingerprint density at radius 3 is 2.59 bits per heavy atom. The van der Waals surface area contributed by atoms with Gasteiger partial charge in [-0.15, -0.1) is 0 Å². The highest BCUT2D eigenvalue weighted by Crippen LogP contribution is 2.23. The van der Waals surface area contributed by atoms with E-state index in [0.717, 1.165) is 0 Å². The van der Waals surface area contributed by atoms with Gasteiger partial charge in [0, 0.05) is 31.0 Å². The zero-order valence-corrected chi connectivity index (χ0v) is 16.2. The SMILES string of the molecule is COc1ccc(C#Cc2c(Cl)nc(NCC(F)(F)F)nc2NCCCCO)cn1. The Hall–Kier alpha value is -2.77. The minimum atomic E-state index is -4.43. The number of hydrogen-bond acceptors (Lipinski definition) is 7. The average molecular weight is 430 g/mol. The van der Waals surface area contributed by atoms with E-state index in [2.05, 4.69) is 37.4 Å². The molecule has 0 aliphatic heterocycles. The number of halogens is 4. The van der Waals surface area contributed by atoms with Crippen LogP contribution in [-0.2, 0) is 0 Å². The molecule has 0 fully saturated rings. The van der Waals surface area contributed by atoms with E-state index >= 15 is 0 Å². The predicted molar refractivity (Wildman–Crippen MR) is 103 cm³/mol. The Bertz CT molecular complexity index is 867. The standard InChI is InChI=1S/C18H19ClF3N5O2/c1-29-14-7-5-12(10-24-14)4-6-13-15(19)26-17(25-11-18(20,21)22)27-16(13)23-8-2-3-9-28/h5,7,10,28H,2-3,8-9,11H2,1H3,(H2,23,25,26,27). The highest BCUT2D eigenvalue weighted by molar-refractivity contribution is 6.31. The van der Waals surface area contributed by atoms with E-state index in [1.54, 1.807) is 12.1 Å². The van der Waals surface area contributed by atoms with Crippen molar-refractivity contribution >= 4 is 23.4 Å². The lowest BCUT2D eigenvalue weighted by molar-refractivity contribution is -0.115. The number of methoxy groups -OCH3 is 1. The molecule has 3 N–H and O–H groups in total. The Morgan fingerprint density at radius 1 is 1.17 bits per heavy atom. The fraction of sp³-hybridized carbons (Fsp3) is 0.389. The largest absolute Gasteiger partial charge is 0.481 e. The third-order valence-electron chi connectivity index (χ3n) is 3.47. The van der Waals surface area contributed by atoms with Gasteiger partial charge in [-0.3, -0.25) is 0 Å². The van der Waals surface area contributed by atoms with Gasteiger partial charge in [-0.1, -0.05) is 23.4 Å². The Morgan fingerprint density at radius 2 is 1.97 bits per heavy atom. The third kappa shape index (κ3) is 7.63. The maximum absolute atomic E-state index is 12.4. The van der Waals surface area contributed by atoms with Crippen molar-refractivity contribution in [1.29, 1.82) is 0 Å². The van der Waals surface area contributed by atoms with Crippen molar-refractivity contribution in [3.05, 3.63) is 34.6 Å². The molecule has 0 amide bonds. The summed E-state index contributed by atoms with van der Waals surface area (Å²) >= 11 is 6.15. The average Bonchev–Trinajstić information content (AvgIpc) is 2.69. The van der Waals surface area contributed by atoms with E-state index in [4.69, 9.17) is 21.4 Å². The highest BCUT2D eigenvalue weighted by atomic mass is 35.5. The van der Waals surface area contributed by atoms with Crippen LogP contribution in [-0.4, -0.2) is 53.0 Å². The van der Waals surface area contributed by atoms with Crippen molar-refractivity contribution in [3.8, 4) is 17.7 Å². The molecule has 0 aromatic carbocycles. The van der Waals surface area contributed by atoms with E-state index in [1.807, 2.05) is 0 Å². The maximum Gasteiger partial charge on any atom is 0.405 e. The molecule has 11 heteroatoms. The number of nitrogens with zero attached hydrogens (tertiary/aromatic N) is 3. The monoisotopic (exact) mass is 429 g/mol. The first-order chi connectivity index (χ1) is 13.8. The number of aromatic nitrogens is 3. The lowest BCUT2D eigenvalue weighted by Crippen LogP contribution is -2.23. The second-order valence-electron chi connectivity index (χ2n) is 5.73. The Labute approximate surface area is 170 Å². The molecule has 2 aromatic rings. The van der Waals surface area contributed by atoms with Crippen molar-refractivity contribution < 1.29 is 23.0 Å². The number of rotatable bonds is 8. The molecule has 2 heterocycles. The number of pyridine rings is 1. The van der Waals surface area contributed by atoms with Crippen molar-refractivity contribution in [3.63, 3.8) is 0 Å². The van der Waals surface area contributed by atoms with Crippen LogP contribution in [0.3, 0.4) is 0 Å². The quantitative estimate of drug-likeness (QED) is 0.337. The van der Waals surface area contributed by atoms with Crippen LogP contribution in [0.2, 0.25) is 5.15 Å². The molecule has 0 radical (unpaired) electrons. The molecular weight excluding hydrogens is 411 g/mol. The van der Waals surface area contributed by atoms with Gasteiger partial charge in [-0.05, 0) is 18.9 Å². The highest BCUT2D eigenvalue weighted by Gasteiger charge is 2.27. The van der Waals surface area contributed by atoms with Crippen LogP contribution in [0, 0.1) is 11.8 Å². The molecule has 156 valence electrons. The van der Waals surface area contributed by atoms with Gasteiger partial charge >= 0.3 is 6.18 Å². The van der Waals surface area contributed by atoms with E-state index in [9.17, 15) is 13.2 Å². The molecule has 0 unspecified atom stereocenters. The van der Waals surface area contributed by atoms with Crippen molar-refractivity contribution in [2.24, 2.45) is 0 Å². The van der Waals surface area contributed by atoms with Crippen LogP contribution in [0.15, 0.2) is 18.3 Å². The molecule has 2 aromatic heterocycles. The van der Waals surface area contributed by atoms with Gasteiger partial charge in [0.05, 0.1) is 7.11 Å². The van der Waals surface area contributed by atoms with Crippen LogP contribution < -0.4 is 15.4 Å². The van der Waals surface area contributed by atoms with Gasteiger partial charge in [0.25, 0.3) is 0 Å². The van der Waals surface area contributed by atoms with Crippen LogP contribution in [0.1, 0.15) is 24.0 Å². The van der Waals surface area contributed by atoms with Crippen molar-refractivity contribution in [2.45, 2.75) is 19.0 Å². The number of alkyl halides is 3. The van der Waals surface area contributed by atoms with Gasteiger partial charge in [0.15, 0.2) is 5.15 Å². The third-order valence-corrected chi connectivity index (χ3v) is 3.74. The first-order valence-corrected chi connectivity index (χ1v) is 8.95. The molecule has 0 saturated heterocycles. The summed E-state index contributed by atoms with van der Waals surface area (Å²) in [4.78, 5) is 11.9. The molecule has 7 nitrogen and oxygen atoms in total. The minimum absolute atomic E-state index is 0.0295. The molecule has 0 atom stereocenters. The number of aliphatic hydroxyl groups excluding tert-OH is 1. The summed E-state index contributed by atoms with van der Waals surface area (Å²) in [5, 5.41) is 13.9. The van der Waals surface area contributed by atoms with E-state index < -0.39 is 12.7 Å². The number of unbranched alkanes of at least 4 members (excludes halogenated alkanes) is 1. The zero-order valence-electron chi connectivity index (χ0n) is 15.5. The molecule has 0 saturated carbocycles. The second-order valence-corrected chi connectivity index (χ2v) is 6.09. The molecule has 0 bridgehead atoms. The second kappa shape index (κ2) is 10.7. The van der Waals surface area contributed by atoms with Gasteiger partial charge in [0.1, 0.15) is 17.9 Å². The number of anilines is 2. The fourth-order valence-electron chi connectivity index (χ4n) is 2.08. The van der Waals surface area contributed by atoms with Gasteiger partial charge in [-0.2, -0.15) is 23.1 Å². The number of aliphatic hydroxyl groups is 1. The summed E-state index contributed by atoms with van der Waals surface area (Å²) in [5.74, 6) is 6.04. The lowest BCUT2D eigenvalue weighted by Gasteiger charge is -2.12. The molecule has 2 rings (SSSR count). The van der Waals surface area contributed by atoms with Gasteiger partial charge in [0.2, 0.25) is 11.8 Å². The summed E-state index contributed by atoms with van der Waals surface area (Å²) in [6.45, 7) is -0.844. The number of ether oxygens (including phenoxy) is 1. The topological polar surface area (TPSA) is 92.2 Å². The first kappa shape index (κ1) is 22.5. The van der Waals surface area contributed by atoms with E-state index in [-0.39, 0.29) is 29.1 Å². The van der Waals surface area contributed by atoms with Crippen molar-refractivity contribution in [2.75, 3.05) is 37.4 Å². The maximum atomic E-state index is 12.4. The van der Waals surface area contributed by atoms with Crippen molar-refractivity contribution in [1.82, 2.24) is 15.0 Å². The number of hydrogen-bond donors (Lipinski definition) is 3. The van der Waals surface area contributed by atoms with Crippen LogP contribution in [0.5, 0.6) is 5.88 Å². The Balaban J connectivity index is 2.28. The van der Waals surface area contributed by atoms with Gasteiger partial charge < -0.3 is 20.5 Å². The van der Waals surface area contributed by atoms with Crippen LogP contribution in [0.25, 0.3) is 0 Å². The van der Waals surface area contributed by atoms with Crippen LogP contribution in [0.4, 0.5) is 24.9 Å². The predicted octanol–water partition coefficient (Wildman–Crippen LogP) is 3.09. The van der Waals surface area contributed by atoms with E-state index in [1.165, 1.54) is 13.3 Å². The lowest BCUT2D eigenvalue weighted by atomic mass is 10.2. The zero-order chi connectivity index (χ0) is 21.3.